The molecule has 8 heteroatoms. The first kappa shape index (κ1) is 22.1. The molecule has 3 rings (SSSR count). The number of rotatable bonds is 5. The minimum absolute atomic E-state index is 0.302. The second-order valence-corrected chi connectivity index (χ2v) is 7.38. The van der Waals surface area contributed by atoms with Gasteiger partial charge in [0.1, 0.15) is 5.82 Å². The van der Waals surface area contributed by atoms with E-state index in [1.165, 1.54) is 24.3 Å². The molecule has 1 heterocycles. The van der Waals surface area contributed by atoms with Gasteiger partial charge in [-0.1, -0.05) is 30.3 Å². The second kappa shape index (κ2) is 9.47. The third kappa shape index (κ3) is 5.50. The minimum atomic E-state index is -4.39. The van der Waals surface area contributed by atoms with Gasteiger partial charge in [0, 0.05) is 38.8 Å². The van der Waals surface area contributed by atoms with Crippen LogP contribution in [0, 0.1) is 5.82 Å². The Morgan fingerprint density at radius 1 is 1.07 bits per heavy atom. The molecule has 162 valence electrons. The highest BCUT2D eigenvalue weighted by Crippen LogP contribution is 2.37. The monoisotopic (exact) mass is 423 g/mol. The number of ether oxygens (including phenoxy) is 1. The third-order valence-corrected chi connectivity index (χ3v) is 5.44. The molecular weight excluding hydrogens is 398 g/mol. The van der Waals surface area contributed by atoms with Crippen LogP contribution >= 0.6 is 0 Å². The van der Waals surface area contributed by atoms with Crippen molar-refractivity contribution in [2.45, 2.75) is 31.0 Å². The number of aliphatic imine (C=N–C) groups is 1. The molecule has 0 saturated carbocycles. The Labute approximate surface area is 173 Å². The van der Waals surface area contributed by atoms with Crippen LogP contribution in [0.2, 0.25) is 0 Å². The number of nitrogens with one attached hydrogen (secondary N) is 2. The van der Waals surface area contributed by atoms with Crippen LogP contribution in [-0.4, -0.2) is 32.8 Å². The van der Waals surface area contributed by atoms with Gasteiger partial charge in [0.05, 0.1) is 5.56 Å². The fourth-order valence-electron chi connectivity index (χ4n) is 3.62. The Balaban J connectivity index is 1.72. The molecule has 0 aromatic heterocycles. The molecule has 0 amide bonds. The SMILES string of the molecule is CN=C(NCc1ccc(F)cc1)NCC1(c2cccc(C(F)(F)F)c2)CCOCC1. The second-order valence-electron chi connectivity index (χ2n) is 7.38. The highest BCUT2D eigenvalue weighted by molar-refractivity contribution is 5.79. The Morgan fingerprint density at radius 3 is 2.40 bits per heavy atom. The van der Waals surface area contributed by atoms with Gasteiger partial charge < -0.3 is 15.4 Å². The molecule has 1 aliphatic heterocycles. The van der Waals surface area contributed by atoms with Crippen molar-refractivity contribution >= 4 is 5.96 Å². The van der Waals surface area contributed by atoms with Gasteiger partial charge in [-0.3, -0.25) is 4.99 Å². The average Bonchev–Trinajstić information content (AvgIpc) is 2.75. The van der Waals surface area contributed by atoms with Crippen LogP contribution in [0.4, 0.5) is 17.6 Å². The van der Waals surface area contributed by atoms with E-state index in [0.717, 1.165) is 11.6 Å². The van der Waals surface area contributed by atoms with Crippen molar-refractivity contribution in [2.24, 2.45) is 4.99 Å². The van der Waals surface area contributed by atoms with Gasteiger partial charge in [0.25, 0.3) is 0 Å². The van der Waals surface area contributed by atoms with Crippen molar-refractivity contribution in [1.82, 2.24) is 10.6 Å². The van der Waals surface area contributed by atoms with Gasteiger partial charge in [-0.25, -0.2) is 4.39 Å². The van der Waals surface area contributed by atoms with E-state index in [2.05, 4.69) is 15.6 Å². The molecule has 1 aliphatic rings. The molecule has 2 aromatic rings. The molecular formula is C22H25F4N3O. The maximum Gasteiger partial charge on any atom is 0.416 e. The summed E-state index contributed by atoms with van der Waals surface area (Å²) in [5.74, 6) is 0.223. The van der Waals surface area contributed by atoms with E-state index >= 15 is 0 Å². The lowest BCUT2D eigenvalue weighted by Crippen LogP contribution is -2.48. The topological polar surface area (TPSA) is 45.7 Å². The summed E-state index contributed by atoms with van der Waals surface area (Å²) >= 11 is 0. The summed E-state index contributed by atoms with van der Waals surface area (Å²) in [6, 6.07) is 11.7. The average molecular weight is 423 g/mol. The van der Waals surface area contributed by atoms with E-state index in [1.54, 1.807) is 25.2 Å². The smallest absolute Gasteiger partial charge is 0.381 e. The zero-order chi connectivity index (χ0) is 21.6. The van der Waals surface area contributed by atoms with Crippen molar-refractivity contribution in [2.75, 3.05) is 26.8 Å². The summed E-state index contributed by atoms with van der Waals surface area (Å²) in [7, 11) is 1.63. The lowest BCUT2D eigenvalue weighted by molar-refractivity contribution is -0.137. The van der Waals surface area contributed by atoms with Crippen LogP contribution in [0.25, 0.3) is 0 Å². The molecule has 30 heavy (non-hydrogen) atoms. The van der Waals surface area contributed by atoms with Crippen molar-refractivity contribution in [3.8, 4) is 0 Å². The predicted octanol–water partition coefficient (Wildman–Crippen LogP) is 4.26. The number of benzene rings is 2. The van der Waals surface area contributed by atoms with E-state index < -0.39 is 17.2 Å². The van der Waals surface area contributed by atoms with E-state index in [-0.39, 0.29) is 5.82 Å². The van der Waals surface area contributed by atoms with E-state index in [4.69, 9.17) is 4.74 Å². The fourth-order valence-corrected chi connectivity index (χ4v) is 3.62. The van der Waals surface area contributed by atoms with Gasteiger partial charge in [0.15, 0.2) is 5.96 Å². The minimum Gasteiger partial charge on any atom is -0.381 e. The van der Waals surface area contributed by atoms with Crippen LogP contribution in [0.5, 0.6) is 0 Å². The third-order valence-electron chi connectivity index (χ3n) is 5.44. The number of alkyl halides is 3. The Hall–Kier alpha value is -2.61. The summed E-state index contributed by atoms with van der Waals surface area (Å²) < 4.78 is 58.2. The van der Waals surface area contributed by atoms with Crippen molar-refractivity contribution < 1.29 is 22.3 Å². The van der Waals surface area contributed by atoms with Gasteiger partial charge in [-0.2, -0.15) is 13.2 Å². The lowest BCUT2D eigenvalue weighted by Gasteiger charge is -2.38. The van der Waals surface area contributed by atoms with Crippen LogP contribution in [-0.2, 0) is 22.9 Å². The fraction of sp³-hybridized carbons (Fsp3) is 0.409. The molecule has 0 aliphatic carbocycles. The van der Waals surface area contributed by atoms with Crippen LogP contribution in [0.15, 0.2) is 53.5 Å². The number of hydrogen-bond acceptors (Lipinski definition) is 2. The van der Waals surface area contributed by atoms with Gasteiger partial charge in [-0.15, -0.1) is 0 Å². The number of hydrogen-bond donors (Lipinski definition) is 2. The summed E-state index contributed by atoms with van der Waals surface area (Å²) in [5, 5.41) is 6.40. The molecule has 2 aromatic carbocycles. The summed E-state index contributed by atoms with van der Waals surface area (Å²) in [6.07, 6.45) is -3.17. The van der Waals surface area contributed by atoms with Gasteiger partial charge in [0.2, 0.25) is 0 Å². The molecule has 0 unspecified atom stereocenters. The zero-order valence-corrected chi connectivity index (χ0v) is 16.7. The molecule has 0 bridgehead atoms. The number of guanidine groups is 1. The van der Waals surface area contributed by atoms with Crippen LogP contribution in [0.1, 0.15) is 29.5 Å². The van der Waals surface area contributed by atoms with Gasteiger partial charge >= 0.3 is 6.18 Å². The standard InChI is InChI=1S/C22H25F4N3O/c1-27-20(28-14-16-5-7-19(23)8-6-16)29-15-21(9-11-30-12-10-21)17-3-2-4-18(13-17)22(24,25)26/h2-8,13H,9-12,14-15H2,1H3,(H2,27,28,29). The first-order chi connectivity index (χ1) is 14.3. The molecule has 1 fully saturated rings. The quantitative estimate of drug-likeness (QED) is 0.429. The highest BCUT2D eigenvalue weighted by Gasteiger charge is 2.37. The normalized spacial score (nSPS) is 16.9. The van der Waals surface area contributed by atoms with E-state index in [9.17, 15) is 17.6 Å². The number of nitrogens with zero attached hydrogens (tertiary/aromatic N) is 1. The maximum atomic E-state index is 13.2. The highest BCUT2D eigenvalue weighted by atomic mass is 19.4. The van der Waals surface area contributed by atoms with Crippen molar-refractivity contribution in [3.05, 3.63) is 71.0 Å². The largest absolute Gasteiger partial charge is 0.416 e. The summed E-state index contributed by atoms with van der Waals surface area (Å²) in [4.78, 5) is 4.20. The molecule has 1 saturated heterocycles. The Morgan fingerprint density at radius 2 is 1.77 bits per heavy atom. The molecule has 4 nitrogen and oxygen atoms in total. The van der Waals surface area contributed by atoms with Gasteiger partial charge in [-0.05, 0) is 42.2 Å². The summed E-state index contributed by atoms with van der Waals surface area (Å²) in [6.45, 7) is 1.83. The zero-order valence-electron chi connectivity index (χ0n) is 16.7. The maximum absolute atomic E-state index is 13.2. The first-order valence-corrected chi connectivity index (χ1v) is 9.77. The van der Waals surface area contributed by atoms with Crippen molar-refractivity contribution in [3.63, 3.8) is 0 Å². The van der Waals surface area contributed by atoms with E-state index in [1.807, 2.05) is 0 Å². The molecule has 0 radical (unpaired) electrons. The summed E-state index contributed by atoms with van der Waals surface area (Å²) in [5.41, 5.74) is 0.386. The molecule has 0 atom stereocenters. The van der Waals surface area contributed by atoms with E-state index in [0.29, 0.717) is 50.7 Å². The first-order valence-electron chi connectivity index (χ1n) is 9.77. The van der Waals surface area contributed by atoms with Crippen LogP contribution in [0.3, 0.4) is 0 Å². The number of halogens is 4. The molecule has 2 N–H and O–H groups in total. The Bertz CT molecular complexity index is 859. The Kier molecular flexibility index (Phi) is 6.97. The lowest BCUT2D eigenvalue weighted by atomic mass is 9.73. The van der Waals surface area contributed by atoms with Crippen LogP contribution < -0.4 is 10.6 Å². The predicted molar refractivity (Wildman–Crippen MR) is 108 cm³/mol. The van der Waals surface area contributed by atoms with Crippen molar-refractivity contribution in [1.29, 1.82) is 0 Å². The molecule has 0 spiro atoms.